The van der Waals surface area contributed by atoms with E-state index < -0.39 is 15.1 Å². The number of carbonyl (C=O) groups excluding carboxylic acids is 1. The average molecular weight is 409 g/mol. The molecule has 2 aromatic rings. The monoisotopic (exact) mass is 408 g/mol. The number of aryl methyl sites for hydroxylation is 1. The van der Waals surface area contributed by atoms with Gasteiger partial charge in [0.15, 0.2) is 15.7 Å². The minimum absolute atomic E-state index is 0.0468. The van der Waals surface area contributed by atoms with Crippen molar-refractivity contribution in [1.82, 2.24) is 20.1 Å². The van der Waals surface area contributed by atoms with Crippen molar-refractivity contribution in [3.8, 4) is 11.4 Å². The normalized spacial score (nSPS) is 19.7. The van der Waals surface area contributed by atoms with Gasteiger partial charge < -0.3 is 4.90 Å². The zero-order valence-electron chi connectivity index (χ0n) is 15.7. The Hall–Kier alpha value is -1.87. The highest BCUT2D eigenvalue weighted by atomic mass is 32.2. The summed E-state index contributed by atoms with van der Waals surface area (Å²) >= 11 is 1.27. The molecule has 1 aliphatic rings. The molecule has 0 unspecified atom stereocenters. The van der Waals surface area contributed by atoms with Crippen LogP contribution in [0.5, 0.6) is 0 Å². The number of hydrogen-bond donors (Lipinski definition) is 1. The number of benzene rings is 1. The van der Waals surface area contributed by atoms with Gasteiger partial charge in [-0.2, -0.15) is 0 Å². The van der Waals surface area contributed by atoms with Crippen LogP contribution in [0.1, 0.15) is 25.8 Å². The summed E-state index contributed by atoms with van der Waals surface area (Å²) in [7, 11) is -1.35. The van der Waals surface area contributed by atoms with Crippen molar-refractivity contribution in [2.45, 2.75) is 43.1 Å². The van der Waals surface area contributed by atoms with E-state index in [1.54, 1.807) is 18.9 Å². The van der Waals surface area contributed by atoms with Crippen molar-refractivity contribution in [3.05, 3.63) is 29.8 Å². The Balaban J connectivity index is 1.63. The van der Waals surface area contributed by atoms with Gasteiger partial charge in [-0.05, 0) is 25.3 Å². The van der Waals surface area contributed by atoms with Crippen LogP contribution in [0, 0.1) is 0 Å². The first-order valence-electron chi connectivity index (χ1n) is 8.94. The predicted octanol–water partition coefficient (Wildman–Crippen LogP) is 2.16. The number of carbonyl (C=O) groups is 1. The van der Waals surface area contributed by atoms with Crippen molar-refractivity contribution >= 4 is 27.5 Å². The molecule has 1 aliphatic heterocycles. The molecule has 1 aromatic carbocycles. The number of aromatic amines is 1. The number of sulfone groups is 1. The molecular formula is C18H24N4O3S2. The van der Waals surface area contributed by atoms with E-state index in [2.05, 4.69) is 34.2 Å². The van der Waals surface area contributed by atoms with Crippen molar-refractivity contribution in [2.75, 3.05) is 18.6 Å². The second-order valence-electron chi connectivity index (χ2n) is 6.78. The quantitative estimate of drug-likeness (QED) is 0.736. The van der Waals surface area contributed by atoms with E-state index in [0.29, 0.717) is 17.4 Å². The number of nitrogens with one attached hydrogen (secondary N) is 1. The van der Waals surface area contributed by atoms with Crippen LogP contribution in [0.4, 0.5) is 0 Å². The SMILES string of the molecule is CCc1ccc(-c2nc(S[C@@H](C)C(=O)N(C)[C@@H]3CCS(=O)(=O)C3)n[nH]2)cc1. The summed E-state index contributed by atoms with van der Waals surface area (Å²) in [6, 6.07) is 7.86. The van der Waals surface area contributed by atoms with Gasteiger partial charge in [0.05, 0.1) is 16.8 Å². The van der Waals surface area contributed by atoms with Crippen LogP contribution in [0.25, 0.3) is 11.4 Å². The number of aromatic nitrogens is 3. The minimum atomic E-state index is -3.02. The van der Waals surface area contributed by atoms with Crippen LogP contribution in [0.15, 0.2) is 29.4 Å². The van der Waals surface area contributed by atoms with Gasteiger partial charge in [-0.3, -0.25) is 9.89 Å². The molecule has 0 bridgehead atoms. The van der Waals surface area contributed by atoms with Crippen LogP contribution in [-0.2, 0) is 21.1 Å². The second kappa shape index (κ2) is 8.02. The maximum absolute atomic E-state index is 12.6. The Morgan fingerprint density at radius 3 is 2.67 bits per heavy atom. The highest BCUT2D eigenvalue weighted by Crippen LogP contribution is 2.25. The van der Waals surface area contributed by atoms with Crippen molar-refractivity contribution in [1.29, 1.82) is 0 Å². The molecule has 3 rings (SSSR count). The number of rotatable bonds is 6. The standard InChI is InChI=1S/C18H24N4O3S2/c1-4-13-5-7-14(8-6-13)16-19-18(21-20-16)26-12(2)17(23)22(3)15-9-10-27(24,25)11-15/h5-8,12,15H,4,9-11H2,1-3H3,(H,19,20,21)/t12-,15+/m0/s1. The van der Waals surface area contributed by atoms with Gasteiger partial charge in [-0.15, -0.1) is 5.10 Å². The molecule has 1 aromatic heterocycles. The largest absolute Gasteiger partial charge is 0.341 e. The molecule has 1 saturated heterocycles. The van der Waals surface area contributed by atoms with Crippen LogP contribution in [-0.4, -0.2) is 64.3 Å². The zero-order valence-corrected chi connectivity index (χ0v) is 17.3. The van der Waals surface area contributed by atoms with E-state index in [1.165, 1.54) is 17.3 Å². The molecule has 0 aliphatic carbocycles. The molecule has 1 amide bonds. The first-order valence-corrected chi connectivity index (χ1v) is 11.6. The third-order valence-corrected chi connectivity index (χ3v) is 7.53. The van der Waals surface area contributed by atoms with Crippen LogP contribution >= 0.6 is 11.8 Å². The lowest BCUT2D eigenvalue weighted by Gasteiger charge is -2.25. The lowest BCUT2D eigenvalue weighted by atomic mass is 10.1. The maximum Gasteiger partial charge on any atom is 0.235 e. The fourth-order valence-corrected chi connectivity index (χ4v) is 5.68. The molecule has 2 atom stereocenters. The molecule has 9 heteroatoms. The third kappa shape index (κ3) is 4.70. The Morgan fingerprint density at radius 2 is 2.07 bits per heavy atom. The number of amides is 1. The van der Waals surface area contributed by atoms with E-state index in [-0.39, 0.29) is 23.5 Å². The summed E-state index contributed by atoms with van der Waals surface area (Å²) in [6.45, 7) is 3.90. The molecule has 0 radical (unpaired) electrons. The fourth-order valence-electron chi connectivity index (χ4n) is 3.08. The average Bonchev–Trinajstić information content (AvgIpc) is 3.26. The van der Waals surface area contributed by atoms with E-state index in [0.717, 1.165) is 12.0 Å². The van der Waals surface area contributed by atoms with Gasteiger partial charge in [0.2, 0.25) is 11.1 Å². The van der Waals surface area contributed by atoms with Crippen LogP contribution in [0.3, 0.4) is 0 Å². The molecular weight excluding hydrogens is 384 g/mol. The number of thioether (sulfide) groups is 1. The van der Waals surface area contributed by atoms with Crippen LogP contribution in [0.2, 0.25) is 0 Å². The second-order valence-corrected chi connectivity index (χ2v) is 10.3. The van der Waals surface area contributed by atoms with Gasteiger partial charge >= 0.3 is 0 Å². The first-order chi connectivity index (χ1) is 12.8. The number of H-pyrrole nitrogens is 1. The van der Waals surface area contributed by atoms with E-state index >= 15 is 0 Å². The molecule has 2 heterocycles. The lowest BCUT2D eigenvalue weighted by Crippen LogP contribution is -2.41. The number of nitrogens with zero attached hydrogens (tertiary/aromatic N) is 3. The molecule has 1 N–H and O–H groups in total. The van der Waals surface area contributed by atoms with Crippen LogP contribution < -0.4 is 0 Å². The third-order valence-electron chi connectivity index (χ3n) is 4.83. The Kier molecular flexibility index (Phi) is 5.90. The molecule has 27 heavy (non-hydrogen) atoms. The molecule has 0 spiro atoms. The van der Waals surface area contributed by atoms with Gasteiger partial charge in [0.25, 0.3) is 0 Å². The summed E-state index contributed by atoms with van der Waals surface area (Å²) in [5.41, 5.74) is 2.20. The highest BCUT2D eigenvalue weighted by Gasteiger charge is 2.34. The Labute approximate surface area is 163 Å². The molecule has 7 nitrogen and oxygen atoms in total. The predicted molar refractivity (Wildman–Crippen MR) is 106 cm³/mol. The van der Waals surface area contributed by atoms with Gasteiger partial charge in [-0.1, -0.05) is 43.0 Å². The summed E-state index contributed by atoms with van der Waals surface area (Å²) in [6.07, 6.45) is 1.48. The summed E-state index contributed by atoms with van der Waals surface area (Å²) in [4.78, 5) is 18.7. The summed E-state index contributed by atoms with van der Waals surface area (Å²) in [5, 5.41) is 7.21. The molecule has 0 saturated carbocycles. The van der Waals surface area contributed by atoms with Gasteiger partial charge in [0.1, 0.15) is 0 Å². The molecule has 146 valence electrons. The Bertz CT molecular complexity index is 909. The van der Waals surface area contributed by atoms with Gasteiger partial charge in [0, 0.05) is 18.7 Å². The van der Waals surface area contributed by atoms with E-state index in [1.807, 2.05) is 12.1 Å². The zero-order chi connectivity index (χ0) is 19.6. The maximum atomic E-state index is 12.6. The van der Waals surface area contributed by atoms with E-state index in [4.69, 9.17) is 0 Å². The van der Waals surface area contributed by atoms with E-state index in [9.17, 15) is 13.2 Å². The summed E-state index contributed by atoms with van der Waals surface area (Å²) < 4.78 is 23.3. The van der Waals surface area contributed by atoms with Crippen molar-refractivity contribution in [2.24, 2.45) is 0 Å². The summed E-state index contributed by atoms with van der Waals surface area (Å²) in [5.74, 6) is 0.749. The molecule has 1 fully saturated rings. The number of hydrogen-bond acceptors (Lipinski definition) is 6. The highest BCUT2D eigenvalue weighted by molar-refractivity contribution is 8.00. The first kappa shape index (κ1) is 19.9. The minimum Gasteiger partial charge on any atom is -0.341 e. The fraction of sp³-hybridized carbons (Fsp3) is 0.500. The van der Waals surface area contributed by atoms with Gasteiger partial charge in [-0.25, -0.2) is 13.4 Å². The lowest BCUT2D eigenvalue weighted by molar-refractivity contribution is -0.130. The smallest absolute Gasteiger partial charge is 0.235 e. The van der Waals surface area contributed by atoms with Crippen molar-refractivity contribution in [3.63, 3.8) is 0 Å². The topological polar surface area (TPSA) is 96.0 Å². The Morgan fingerprint density at radius 1 is 1.37 bits per heavy atom. The van der Waals surface area contributed by atoms with Crippen molar-refractivity contribution < 1.29 is 13.2 Å².